The van der Waals surface area contributed by atoms with E-state index in [0.29, 0.717) is 16.5 Å². The average Bonchev–Trinajstić information content (AvgIpc) is 3.44. The Morgan fingerprint density at radius 3 is 2.47 bits per heavy atom. The third-order valence-corrected chi connectivity index (χ3v) is 6.68. The van der Waals surface area contributed by atoms with Crippen LogP contribution in [-0.4, -0.2) is 43.9 Å². The van der Waals surface area contributed by atoms with Crippen LogP contribution >= 0.6 is 0 Å². The number of para-hydroxylation sites is 2. The van der Waals surface area contributed by atoms with Gasteiger partial charge in [0.25, 0.3) is 5.91 Å². The van der Waals surface area contributed by atoms with Gasteiger partial charge >= 0.3 is 5.97 Å². The number of nitrogens with zero attached hydrogens (tertiary/aromatic N) is 3. The zero-order chi connectivity index (χ0) is 27.5. The van der Waals surface area contributed by atoms with Gasteiger partial charge < -0.3 is 25.8 Å². The van der Waals surface area contributed by atoms with Crippen molar-refractivity contribution in [3.63, 3.8) is 0 Å². The Kier molecular flexibility index (Phi) is 5.90. The third-order valence-electron chi connectivity index (χ3n) is 6.68. The Morgan fingerprint density at radius 1 is 1.13 bits per heavy atom. The zero-order valence-electron chi connectivity index (χ0n) is 20.1. The number of anilines is 3. The lowest BCUT2D eigenvalue weighted by Gasteiger charge is -2.34. The summed E-state index contributed by atoms with van der Waals surface area (Å²) in [4.78, 5) is 37.4. The third kappa shape index (κ3) is 3.76. The maximum Gasteiger partial charge on any atom is 0.337 e. The minimum Gasteiger partial charge on any atom is -0.478 e. The molecule has 5 rings (SSSR count). The number of rotatable bonds is 6. The Morgan fingerprint density at radius 2 is 1.82 bits per heavy atom. The van der Waals surface area contributed by atoms with E-state index >= 15 is 0 Å². The molecular weight excluding hydrogens is 499 g/mol. The van der Waals surface area contributed by atoms with Crippen molar-refractivity contribution in [1.82, 2.24) is 10.1 Å². The number of aromatic nitrogens is 1. The van der Waals surface area contributed by atoms with Gasteiger partial charge in [-0.25, -0.2) is 9.18 Å². The summed E-state index contributed by atoms with van der Waals surface area (Å²) in [6.07, 6.45) is -1.98. The summed E-state index contributed by atoms with van der Waals surface area (Å²) in [6.45, 7) is 2.98. The molecule has 0 bridgehead atoms. The van der Waals surface area contributed by atoms with E-state index in [1.807, 2.05) is 0 Å². The van der Waals surface area contributed by atoms with Gasteiger partial charge in [0.05, 0.1) is 16.8 Å². The van der Waals surface area contributed by atoms with Gasteiger partial charge in [-0.2, -0.15) is 5.17 Å². The molecule has 2 atom stereocenters. The smallest absolute Gasteiger partial charge is 0.337 e. The van der Waals surface area contributed by atoms with Gasteiger partial charge in [0.1, 0.15) is 11.5 Å². The quantitative estimate of drug-likeness (QED) is 0.264. The Bertz CT molecular complexity index is 1550. The summed E-state index contributed by atoms with van der Waals surface area (Å²) in [5, 5.41) is 36.0. The van der Waals surface area contributed by atoms with Crippen LogP contribution in [0.2, 0.25) is 0 Å². The fourth-order valence-corrected chi connectivity index (χ4v) is 4.96. The number of carbonyl (C=O) groups excluding carboxylic acids is 2. The number of benzene rings is 2. The van der Waals surface area contributed by atoms with Gasteiger partial charge in [-0.1, -0.05) is 12.1 Å². The van der Waals surface area contributed by atoms with Crippen molar-refractivity contribution < 1.29 is 34.2 Å². The highest BCUT2D eigenvalue weighted by Crippen LogP contribution is 2.41. The van der Waals surface area contributed by atoms with Gasteiger partial charge in [0.2, 0.25) is 5.91 Å². The number of hydrogen-bond donors (Lipinski definition) is 6. The number of hydrazine groups is 2. The number of halogens is 1. The first-order valence-corrected chi connectivity index (χ1v) is 11.4. The molecule has 2 unspecified atom stereocenters. The number of primary amides is 1. The number of aromatic carboxylic acids is 1. The highest BCUT2D eigenvalue weighted by molar-refractivity contribution is 6.35. The maximum atomic E-state index is 14.1. The highest BCUT2D eigenvalue weighted by atomic mass is 19.1. The van der Waals surface area contributed by atoms with E-state index in [2.05, 4.69) is 10.9 Å². The molecule has 38 heavy (non-hydrogen) atoms. The van der Waals surface area contributed by atoms with Gasteiger partial charge in [0, 0.05) is 22.6 Å². The van der Waals surface area contributed by atoms with Crippen LogP contribution in [0.5, 0.6) is 0 Å². The predicted octanol–water partition coefficient (Wildman–Crippen LogP) is 1.92. The monoisotopic (exact) mass is 522 g/mol. The van der Waals surface area contributed by atoms with Gasteiger partial charge in [0.15, 0.2) is 12.3 Å². The molecule has 13 heteroatoms. The van der Waals surface area contributed by atoms with Crippen molar-refractivity contribution in [2.45, 2.75) is 26.1 Å². The lowest BCUT2D eigenvalue weighted by molar-refractivity contribution is -0.128. The molecule has 12 nitrogen and oxygen atoms in total. The lowest BCUT2D eigenvalue weighted by Crippen LogP contribution is -2.53. The van der Waals surface area contributed by atoms with Crippen LogP contribution < -0.4 is 26.8 Å². The normalized spacial score (nSPS) is 16.9. The van der Waals surface area contributed by atoms with Crippen LogP contribution in [0.4, 0.5) is 21.5 Å². The number of amides is 2. The lowest BCUT2D eigenvalue weighted by atomic mass is 10.0. The molecule has 2 aliphatic heterocycles. The fraction of sp³-hybridized carbons (Fsp3) is 0.160. The first kappa shape index (κ1) is 25.0. The van der Waals surface area contributed by atoms with Gasteiger partial charge in [-0.3, -0.25) is 19.8 Å². The zero-order valence-corrected chi connectivity index (χ0v) is 20.1. The van der Waals surface area contributed by atoms with Crippen LogP contribution in [-0.2, 0) is 9.59 Å². The van der Waals surface area contributed by atoms with Crippen LogP contribution in [0.15, 0.2) is 42.5 Å². The topological polar surface area (TPSA) is 173 Å². The number of nitrogens with one attached hydrogen (secondary N) is 2. The van der Waals surface area contributed by atoms with Crippen LogP contribution in [0, 0.1) is 19.7 Å². The highest BCUT2D eigenvalue weighted by Gasteiger charge is 2.41. The van der Waals surface area contributed by atoms with Crippen LogP contribution in [0.25, 0.3) is 11.6 Å². The minimum absolute atomic E-state index is 0.0455. The molecule has 0 fully saturated rings. The van der Waals surface area contributed by atoms with Crippen molar-refractivity contribution in [3.8, 4) is 0 Å². The number of fused-ring (bicyclic) bond motifs is 2. The minimum atomic E-state index is -1.92. The summed E-state index contributed by atoms with van der Waals surface area (Å²) in [6, 6.07) is 10.3. The SMILES string of the molecule is Cc1c(C(=O)O)c(C)n(C(C(O)C(N)=O)N2NN(O)c3ccccc32)c1C=C1C(=O)Nc2ccc(F)cc21. The second-order valence-corrected chi connectivity index (χ2v) is 8.88. The van der Waals surface area contributed by atoms with Crippen LogP contribution in [0.3, 0.4) is 0 Å². The van der Waals surface area contributed by atoms with Crippen molar-refractivity contribution in [1.29, 1.82) is 0 Å². The maximum absolute atomic E-state index is 14.1. The second-order valence-electron chi connectivity index (χ2n) is 8.88. The molecule has 0 aliphatic carbocycles. The van der Waals surface area contributed by atoms with Gasteiger partial charge in [-0.15, -0.1) is 5.53 Å². The van der Waals surface area contributed by atoms with Gasteiger partial charge in [-0.05, 0) is 55.8 Å². The van der Waals surface area contributed by atoms with E-state index in [9.17, 15) is 34.2 Å². The molecule has 2 aromatic carbocycles. The second kappa shape index (κ2) is 8.99. The largest absolute Gasteiger partial charge is 0.478 e. The number of aliphatic hydroxyl groups excluding tert-OH is 1. The predicted molar refractivity (Wildman–Crippen MR) is 134 cm³/mol. The fourth-order valence-electron chi connectivity index (χ4n) is 4.96. The standard InChI is InChI=1S/C25H23FN6O6/c1-11-19(10-15-14-9-13(26)7-8-16(14)28-23(15)35)30(12(2)20(11)25(36)37)24(21(33)22(27)34)31-17-5-3-4-6-18(17)32(38)29-31/h3-10,21,24,29,33,38H,1-2H3,(H2,27,34)(H,28,35)(H,36,37). The molecular formula is C25H23FN6O6. The molecule has 2 amide bonds. The number of aliphatic hydroxyl groups is 1. The van der Waals surface area contributed by atoms with Crippen molar-refractivity contribution in [2.24, 2.45) is 5.73 Å². The summed E-state index contributed by atoms with van der Waals surface area (Å²) < 4.78 is 15.4. The molecule has 196 valence electrons. The Labute approximate surface area is 214 Å². The van der Waals surface area contributed by atoms with Crippen molar-refractivity contribution in [2.75, 3.05) is 15.5 Å². The number of carboxylic acids is 1. The number of nitrogens with two attached hydrogens (primary N) is 1. The summed E-state index contributed by atoms with van der Waals surface area (Å²) in [5.74, 6) is -3.54. The Balaban J connectivity index is 1.79. The summed E-state index contributed by atoms with van der Waals surface area (Å²) in [7, 11) is 0. The molecule has 3 heterocycles. The van der Waals surface area contributed by atoms with E-state index in [1.54, 1.807) is 24.3 Å². The molecule has 0 saturated carbocycles. The van der Waals surface area contributed by atoms with E-state index < -0.39 is 35.9 Å². The molecule has 7 N–H and O–H groups in total. The molecule has 0 spiro atoms. The van der Waals surface area contributed by atoms with Crippen molar-refractivity contribution in [3.05, 3.63) is 76.4 Å². The van der Waals surface area contributed by atoms with E-state index in [0.717, 1.165) is 0 Å². The van der Waals surface area contributed by atoms with Crippen LogP contribution in [0.1, 0.15) is 39.0 Å². The Hall–Kier alpha value is -4.72. The average molecular weight is 522 g/mol. The van der Waals surface area contributed by atoms with E-state index in [1.165, 1.54) is 47.7 Å². The van der Waals surface area contributed by atoms with E-state index in [4.69, 9.17) is 5.73 Å². The number of carbonyl (C=O) groups is 3. The first-order valence-electron chi connectivity index (χ1n) is 11.4. The molecule has 1 aromatic heterocycles. The van der Waals surface area contributed by atoms with E-state index in [-0.39, 0.29) is 39.3 Å². The number of carboxylic acid groups (broad SMARTS) is 1. The van der Waals surface area contributed by atoms with Crippen molar-refractivity contribution >= 4 is 46.5 Å². The molecule has 2 aliphatic rings. The first-order chi connectivity index (χ1) is 18.0. The summed E-state index contributed by atoms with van der Waals surface area (Å²) in [5.41, 5.74) is 9.77. The molecule has 0 radical (unpaired) electrons. The number of hydrogen-bond acceptors (Lipinski definition) is 8. The molecule has 0 saturated heterocycles. The molecule has 3 aromatic rings. The summed E-state index contributed by atoms with van der Waals surface area (Å²) >= 11 is 0.